The van der Waals surface area contributed by atoms with E-state index in [1.54, 1.807) is 34.0 Å². The van der Waals surface area contributed by atoms with Crippen LogP contribution in [0.1, 0.15) is 27.5 Å². The minimum Gasteiger partial charge on any atom is -0.382 e. The summed E-state index contributed by atoms with van der Waals surface area (Å²) in [6.07, 6.45) is -1.30. The van der Waals surface area contributed by atoms with Gasteiger partial charge >= 0.3 is 6.18 Å². The van der Waals surface area contributed by atoms with Crippen molar-refractivity contribution < 1.29 is 22.7 Å². The topological polar surface area (TPSA) is 85.8 Å². The number of morpholine rings is 1. The number of rotatable bonds is 2. The fraction of sp³-hybridized carbons (Fsp3) is 0.227. The number of nitrogens with two attached hydrogens (primary N) is 1. The van der Waals surface area contributed by atoms with Crippen molar-refractivity contribution in [2.24, 2.45) is 0 Å². The van der Waals surface area contributed by atoms with Crippen LogP contribution < -0.4 is 5.73 Å². The van der Waals surface area contributed by atoms with Gasteiger partial charge in [-0.15, -0.1) is 0 Å². The molecule has 5 rings (SSSR count). The molecule has 33 heavy (non-hydrogen) atoms. The molecule has 2 aromatic carbocycles. The first kappa shape index (κ1) is 21.5. The third-order valence-corrected chi connectivity index (χ3v) is 6.02. The summed E-state index contributed by atoms with van der Waals surface area (Å²) in [7, 11) is 0. The molecule has 1 aliphatic rings. The van der Waals surface area contributed by atoms with Crippen LogP contribution in [0, 0.1) is 0 Å². The standard InChI is InChI=1S/C22H17ClF3N5O2/c23-15-8-16-17(31-11-28-9-18(31)20(27)29-16)7-14(15)21(32)30-5-6-33-10-19(30)12-1-3-13(4-2-12)22(24,25)26/h1-4,7-9,11,19H,5-6,10H2,(H2,27,29). The number of fused-ring (bicyclic) bond motifs is 3. The Morgan fingerprint density at radius 1 is 1.18 bits per heavy atom. The number of hydrogen-bond donors (Lipinski definition) is 1. The zero-order valence-electron chi connectivity index (χ0n) is 17.0. The Bertz CT molecular complexity index is 1370. The van der Waals surface area contributed by atoms with Crippen molar-refractivity contribution in [1.82, 2.24) is 19.3 Å². The summed E-state index contributed by atoms with van der Waals surface area (Å²) in [6.45, 7) is 0.726. The number of alkyl halides is 3. The van der Waals surface area contributed by atoms with E-state index in [9.17, 15) is 18.0 Å². The summed E-state index contributed by atoms with van der Waals surface area (Å²) in [5.41, 5.74) is 7.70. The van der Waals surface area contributed by atoms with E-state index >= 15 is 0 Å². The molecule has 1 unspecified atom stereocenters. The second-order valence-electron chi connectivity index (χ2n) is 7.68. The number of hydrogen-bond acceptors (Lipinski definition) is 5. The number of nitrogens with zero attached hydrogens (tertiary/aromatic N) is 4. The van der Waals surface area contributed by atoms with Crippen LogP contribution in [0.4, 0.5) is 19.0 Å². The normalized spacial score (nSPS) is 17.1. The summed E-state index contributed by atoms with van der Waals surface area (Å²) >= 11 is 6.45. The Morgan fingerprint density at radius 2 is 1.94 bits per heavy atom. The molecule has 1 aliphatic heterocycles. The molecule has 1 fully saturated rings. The smallest absolute Gasteiger partial charge is 0.382 e. The first-order valence-electron chi connectivity index (χ1n) is 10.0. The van der Waals surface area contributed by atoms with E-state index in [-0.39, 0.29) is 35.5 Å². The van der Waals surface area contributed by atoms with Crippen molar-refractivity contribution in [3.05, 3.63) is 70.6 Å². The number of imidazole rings is 1. The summed E-state index contributed by atoms with van der Waals surface area (Å²) in [5.74, 6) is -0.0779. The summed E-state index contributed by atoms with van der Waals surface area (Å²) < 4.78 is 46.1. The zero-order valence-corrected chi connectivity index (χ0v) is 17.8. The molecule has 4 aromatic rings. The Labute approximate surface area is 190 Å². The Hall–Kier alpha value is -3.37. The van der Waals surface area contributed by atoms with Gasteiger partial charge in [0.05, 0.1) is 59.0 Å². The van der Waals surface area contributed by atoms with E-state index in [1.807, 2.05) is 0 Å². The van der Waals surface area contributed by atoms with Crippen LogP contribution in [0.3, 0.4) is 0 Å². The molecule has 0 bridgehead atoms. The van der Waals surface area contributed by atoms with Gasteiger partial charge in [-0.3, -0.25) is 9.20 Å². The number of anilines is 1. The molecule has 1 amide bonds. The Kier molecular flexibility index (Phi) is 5.13. The maximum Gasteiger partial charge on any atom is 0.416 e. The van der Waals surface area contributed by atoms with Crippen LogP contribution in [0.25, 0.3) is 16.6 Å². The molecule has 3 heterocycles. The molecule has 0 saturated carbocycles. The highest BCUT2D eigenvalue weighted by molar-refractivity contribution is 6.34. The molecule has 1 atom stereocenters. The lowest BCUT2D eigenvalue weighted by Gasteiger charge is -2.36. The van der Waals surface area contributed by atoms with Crippen molar-refractivity contribution in [2.45, 2.75) is 12.2 Å². The number of carbonyl (C=O) groups excluding carboxylic acids is 1. The van der Waals surface area contributed by atoms with E-state index in [4.69, 9.17) is 22.1 Å². The number of benzene rings is 2. The summed E-state index contributed by atoms with van der Waals surface area (Å²) in [4.78, 5) is 23.5. The van der Waals surface area contributed by atoms with E-state index in [0.29, 0.717) is 28.7 Å². The van der Waals surface area contributed by atoms with E-state index < -0.39 is 17.8 Å². The lowest BCUT2D eigenvalue weighted by molar-refractivity contribution is -0.137. The van der Waals surface area contributed by atoms with Crippen LogP contribution in [-0.4, -0.2) is 44.9 Å². The molecule has 0 radical (unpaired) electrons. The van der Waals surface area contributed by atoms with Crippen LogP contribution in [0.15, 0.2) is 48.9 Å². The third-order valence-electron chi connectivity index (χ3n) is 5.71. The van der Waals surface area contributed by atoms with Crippen molar-refractivity contribution in [2.75, 3.05) is 25.5 Å². The maximum atomic E-state index is 13.6. The van der Waals surface area contributed by atoms with Gasteiger partial charge < -0.3 is 15.4 Å². The van der Waals surface area contributed by atoms with Gasteiger partial charge in [-0.25, -0.2) is 9.97 Å². The number of ether oxygens (including phenoxy) is 1. The van der Waals surface area contributed by atoms with Gasteiger partial charge in [0.25, 0.3) is 5.91 Å². The highest BCUT2D eigenvalue weighted by Crippen LogP contribution is 2.33. The van der Waals surface area contributed by atoms with Crippen molar-refractivity contribution >= 4 is 39.9 Å². The quantitative estimate of drug-likeness (QED) is 0.466. The fourth-order valence-electron chi connectivity index (χ4n) is 4.03. The van der Waals surface area contributed by atoms with Crippen molar-refractivity contribution in [3.63, 3.8) is 0 Å². The number of nitrogen functional groups attached to an aromatic ring is 1. The monoisotopic (exact) mass is 475 g/mol. The van der Waals surface area contributed by atoms with E-state index in [2.05, 4.69) is 9.97 Å². The maximum absolute atomic E-state index is 13.6. The molecule has 2 N–H and O–H groups in total. The Morgan fingerprint density at radius 3 is 2.67 bits per heavy atom. The van der Waals surface area contributed by atoms with E-state index in [0.717, 1.165) is 12.1 Å². The first-order valence-corrected chi connectivity index (χ1v) is 10.4. The molecule has 2 aromatic heterocycles. The second kappa shape index (κ2) is 7.89. The minimum atomic E-state index is -4.44. The molecular formula is C22H17ClF3N5O2. The van der Waals surface area contributed by atoms with Gasteiger partial charge in [-0.1, -0.05) is 23.7 Å². The fourth-order valence-corrected chi connectivity index (χ4v) is 4.27. The molecule has 0 aliphatic carbocycles. The minimum absolute atomic E-state index is 0.159. The van der Waals surface area contributed by atoms with Gasteiger partial charge in [0.1, 0.15) is 11.3 Å². The zero-order chi connectivity index (χ0) is 23.3. The number of aromatic nitrogens is 3. The average Bonchev–Trinajstić information content (AvgIpc) is 3.29. The second-order valence-corrected chi connectivity index (χ2v) is 8.08. The average molecular weight is 476 g/mol. The van der Waals surface area contributed by atoms with Gasteiger partial charge in [0.2, 0.25) is 0 Å². The highest BCUT2D eigenvalue weighted by atomic mass is 35.5. The first-order chi connectivity index (χ1) is 15.7. The molecule has 11 heteroatoms. The van der Waals surface area contributed by atoms with Gasteiger partial charge in [-0.05, 0) is 29.8 Å². The molecule has 7 nitrogen and oxygen atoms in total. The van der Waals surface area contributed by atoms with Crippen molar-refractivity contribution in [3.8, 4) is 0 Å². The number of carbonyl (C=O) groups is 1. The van der Waals surface area contributed by atoms with E-state index in [1.165, 1.54) is 12.1 Å². The van der Waals surface area contributed by atoms with Crippen LogP contribution in [0.2, 0.25) is 5.02 Å². The molecular weight excluding hydrogens is 459 g/mol. The summed E-state index contributed by atoms with van der Waals surface area (Å²) in [5, 5.41) is 0.191. The molecule has 170 valence electrons. The predicted octanol–water partition coefficient (Wildman–Crippen LogP) is 4.35. The lowest BCUT2D eigenvalue weighted by Crippen LogP contribution is -2.43. The Balaban J connectivity index is 1.54. The van der Waals surface area contributed by atoms with Gasteiger partial charge in [-0.2, -0.15) is 13.2 Å². The third kappa shape index (κ3) is 3.75. The van der Waals surface area contributed by atoms with Crippen LogP contribution >= 0.6 is 11.6 Å². The van der Waals surface area contributed by atoms with Crippen LogP contribution in [-0.2, 0) is 10.9 Å². The lowest BCUT2D eigenvalue weighted by atomic mass is 10.0. The van der Waals surface area contributed by atoms with Crippen LogP contribution in [0.5, 0.6) is 0 Å². The van der Waals surface area contributed by atoms with Gasteiger partial charge in [0, 0.05) is 6.54 Å². The van der Waals surface area contributed by atoms with Crippen molar-refractivity contribution in [1.29, 1.82) is 0 Å². The number of amides is 1. The highest BCUT2D eigenvalue weighted by Gasteiger charge is 2.33. The largest absolute Gasteiger partial charge is 0.416 e. The SMILES string of the molecule is Nc1nc2cc(Cl)c(C(=O)N3CCOCC3c3ccc(C(F)(F)F)cc3)cc2n2cncc12. The molecule has 1 saturated heterocycles. The molecule has 0 spiro atoms. The number of halogens is 4. The predicted molar refractivity (Wildman–Crippen MR) is 116 cm³/mol. The summed E-state index contributed by atoms with van der Waals surface area (Å²) in [6, 6.07) is 7.37. The van der Waals surface area contributed by atoms with Gasteiger partial charge in [0.15, 0.2) is 0 Å².